The molecule has 0 saturated carbocycles. The fourth-order valence-corrected chi connectivity index (χ4v) is 6.50. The van der Waals surface area contributed by atoms with Gasteiger partial charge in [0.2, 0.25) is 41.4 Å². The van der Waals surface area contributed by atoms with E-state index in [1.807, 2.05) is 135 Å². The molecular formula is C96H210B6N11O21S4. The number of amides is 8. The molecule has 8 amide bonds. The monoisotopic (exact) mass is 2050 g/mol. The van der Waals surface area contributed by atoms with Gasteiger partial charge in [0, 0.05) is 127 Å². The fraction of sp³-hybridized carbons (Fsp3) is 0.719. The molecule has 4 N–H and O–H groups in total. The van der Waals surface area contributed by atoms with Crippen LogP contribution in [0.15, 0.2) is 78.7 Å². The minimum absolute atomic E-state index is 0. The topological polar surface area (TPSA) is 395 Å². The number of carbonyl (C=O) groups is 12. The van der Waals surface area contributed by atoms with Crippen LogP contribution in [-0.2, 0) is 137 Å². The Morgan fingerprint density at radius 2 is 0.667 bits per heavy atom. The molecule has 3 aliphatic rings. The largest absolute Gasteiger partial charge is 0.377 e. The van der Waals surface area contributed by atoms with Gasteiger partial charge in [-0.2, -0.15) is 0 Å². The number of ether oxygens (including phenoxy) is 1. The number of nitrogens with zero attached hydrogens (tertiary/aromatic N) is 8. The van der Waals surface area contributed by atoms with Crippen LogP contribution in [0.25, 0.3) is 0 Å². The number of hydrogen-bond acceptors (Lipinski definition) is 24. The van der Waals surface area contributed by atoms with E-state index in [-0.39, 0.29) is 141 Å². The molecule has 4 heterocycles. The Balaban J connectivity index is -0.0000000425. The first-order chi connectivity index (χ1) is 61.1. The molecule has 42 heteroatoms. The quantitative estimate of drug-likeness (QED) is 0.0834. The zero-order valence-electron chi connectivity index (χ0n) is 90.5. The zero-order valence-corrected chi connectivity index (χ0v) is 93.7. The zero-order chi connectivity index (χ0) is 107. The van der Waals surface area contributed by atoms with E-state index in [9.17, 15) is 74.4 Å². The second-order valence-electron chi connectivity index (χ2n) is 26.7. The molecule has 138 heavy (non-hydrogen) atoms. The summed E-state index contributed by atoms with van der Waals surface area (Å²) in [6, 6.07) is 24.0. The summed E-state index contributed by atoms with van der Waals surface area (Å²) in [6.45, 7) is 67.9. The number of hydrogen-bond donors (Lipinski definition) is 3. The van der Waals surface area contributed by atoms with Gasteiger partial charge in [-0.25, -0.2) is 16.8 Å². The van der Waals surface area contributed by atoms with Gasteiger partial charge in [-0.05, 0) is 102 Å². The van der Waals surface area contributed by atoms with Crippen molar-refractivity contribution in [3.8, 4) is 0 Å². The van der Waals surface area contributed by atoms with Crippen LogP contribution in [0.1, 0.15) is 301 Å². The molecular weight excluding hydrogens is 1840 g/mol. The van der Waals surface area contributed by atoms with E-state index < -0.39 is 44.5 Å². The van der Waals surface area contributed by atoms with Crippen LogP contribution < -0.4 is 15.8 Å². The summed E-state index contributed by atoms with van der Waals surface area (Å²) in [5.74, 6) is 1.50. The number of rotatable bonds is 17. The number of benzene rings is 2. The van der Waals surface area contributed by atoms with Crippen molar-refractivity contribution in [2.45, 2.75) is 303 Å². The van der Waals surface area contributed by atoms with Crippen molar-refractivity contribution < 1.29 is 95.8 Å². The number of nitrogens with one attached hydrogen (secondary N) is 2. The summed E-state index contributed by atoms with van der Waals surface area (Å²) in [4.78, 5) is 137. The maximum Gasteiger partial charge on any atom is 0.263 e. The smallest absolute Gasteiger partial charge is 0.263 e. The van der Waals surface area contributed by atoms with E-state index in [2.05, 4.69) is 176 Å². The third kappa shape index (κ3) is 239. The number of Topliss-reactive ketones (excluding diaryl/α,β-unsaturated/α-hetero) is 4. The maximum atomic E-state index is 11.0. The number of likely N-dealkylation sites (tertiary alicyclic amines) is 2. The van der Waals surface area contributed by atoms with Crippen LogP contribution in [0, 0.1) is 0 Å². The molecule has 2 fully saturated rings. The molecule has 1 aromatic heterocycles. The van der Waals surface area contributed by atoms with E-state index >= 15 is 0 Å². The Bertz CT molecular complexity index is 2830. The summed E-state index contributed by atoms with van der Waals surface area (Å²) in [7, 11) is 29.6. The molecule has 6 rings (SSSR count). The first kappa shape index (κ1) is 197. The van der Waals surface area contributed by atoms with E-state index in [4.69, 9.17) is 0 Å². The molecule has 0 bridgehead atoms. The SMILES string of the molecule is C.C.C.C.C.C.CC.CC.CC(=O)N(C)CN(C)C(C)=O.CC(=O)N(C)CN(C)C(C)=O.CC(=O)N1CCC1.CC(=O)N1Cc2bbcbc2C1.CC(C)=O.CC(N)=O.CCC.CCC.CCC.CCC.CCC.CCN(C)C.CCNC.CN1CCC1.COCC(C)=O.COS(=O)CC(C)=O.COS(=O)CC(C)=O.COS(=O)NC(C)=O.COS(C)=O.[B].[B][B].c1ccccc1.c1ccccc1. The standard InChI is InChI=1S/C7H8B3NO.2C7H14N2O2.2C6H6.C5H9NO.C4H9N.C4H11N.2C4H8O3S.C4H8O2.C3H7NO3S.C3H9N.C3H6O.5C3H8.C2H5NO.C2H6O2S.2C2H6.6CH4.B2.B/c1-5(12)11-2-6-7(3-11)10-9-4-8-6;2*1-6(10)8(3)5-9(4)7(2)11;2*1-2-4-6-5-3-1;1-5(7)6-3-2-4-6;1-5-3-2-4-5;1-4-5(2)3;2*1-4(5)3-8(6)7-2;1-4(5)3-6-2;1-3(5)4-8(6)7-2;1-3-4-2;1-3(2)4;5*1-3-2;1-2(3)4;1-4-5(2)3;2*1-2;;;;;;;1-2;/h4H,2-3H2,1H3;2*5H2,1-4H3;2*1-6H;2-4H2,1H3;2-4H2,1H3;4H2,1-3H3;2*3H2,1-2H3;3H2,1-2H3;1-2H3,(H,4,5);4H,3H2,1-2H3;1-2H3;5*3H2,1-2H3;1H3,(H2,3,4);1-2H3;2*1-2H3;6*1H4;;. The number of fused-ring (bicyclic) bond motifs is 1. The van der Waals surface area contributed by atoms with Gasteiger partial charge in [0.25, 0.3) is 11.3 Å². The molecule has 4 unspecified atom stereocenters. The average molecular weight is 2050 g/mol. The van der Waals surface area contributed by atoms with Crippen molar-refractivity contribution in [1.82, 2.24) is 49.2 Å². The van der Waals surface area contributed by atoms with Crippen LogP contribution in [0.5, 0.6) is 0 Å². The van der Waals surface area contributed by atoms with Gasteiger partial charge in [-0.15, -0.1) is 0 Å². The predicted molar refractivity (Wildman–Crippen MR) is 605 cm³/mol. The van der Waals surface area contributed by atoms with Crippen LogP contribution in [0.4, 0.5) is 0 Å². The van der Waals surface area contributed by atoms with Crippen molar-refractivity contribution in [2.75, 3.05) is 169 Å². The van der Waals surface area contributed by atoms with Crippen molar-refractivity contribution in [3.05, 3.63) is 89.6 Å². The second-order valence-corrected chi connectivity index (χ2v) is 31.3. The summed E-state index contributed by atoms with van der Waals surface area (Å²) >= 11 is -5.54. The summed E-state index contributed by atoms with van der Waals surface area (Å²) < 4.78 is 64.0. The number of carbonyl (C=O) groups excluding carboxylic acids is 12. The van der Waals surface area contributed by atoms with Gasteiger partial charge in [0.15, 0.2) is 39.0 Å². The minimum atomic E-state index is -1.66. The molecule has 817 valence electrons. The maximum absolute atomic E-state index is 11.0. The molecule has 4 atom stereocenters. The van der Waals surface area contributed by atoms with Crippen LogP contribution >= 0.6 is 0 Å². The Labute approximate surface area is 866 Å². The third-order valence-electron chi connectivity index (χ3n) is 12.0. The summed E-state index contributed by atoms with van der Waals surface area (Å²) in [5.41, 5.74) is 7.04. The summed E-state index contributed by atoms with van der Waals surface area (Å²) in [5, 5.41) is 2.93. The van der Waals surface area contributed by atoms with E-state index in [0.717, 1.165) is 39.3 Å². The van der Waals surface area contributed by atoms with Gasteiger partial charge < -0.3 is 54.9 Å². The van der Waals surface area contributed by atoms with Crippen molar-refractivity contribution in [2.24, 2.45) is 5.73 Å². The molecule has 32 nitrogen and oxygen atoms in total. The molecule has 0 aliphatic carbocycles. The normalized spacial score (nSPS) is 10.1. The number of ketones is 4. The van der Waals surface area contributed by atoms with E-state index in [1.165, 1.54) is 207 Å². The van der Waals surface area contributed by atoms with Gasteiger partial charge in [-0.1, -0.05) is 260 Å². The van der Waals surface area contributed by atoms with Crippen LogP contribution in [-0.4, -0.2) is 340 Å². The number of methoxy groups -OCH3 is 1. The van der Waals surface area contributed by atoms with Gasteiger partial charge in [-0.3, -0.25) is 69.4 Å². The van der Waals surface area contributed by atoms with Crippen LogP contribution in [0.2, 0.25) is 0 Å². The average Bonchev–Trinajstić information content (AvgIpc) is 1.70. The van der Waals surface area contributed by atoms with E-state index in [1.54, 1.807) is 42.0 Å². The molecule has 2 aromatic carbocycles. The van der Waals surface area contributed by atoms with Gasteiger partial charge in [0.1, 0.15) is 35.5 Å². The minimum Gasteiger partial charge on any atom is -0.377 e. The van der Waals surface area contributed by atoms with Gasteiger partial charge >= 0.3 is 72.9 Å². The Hall–Kier alpha value is -6.84. The second kappa shape index (κ2) is 167. The Morgan fingerprint density at radius 1 is 0.442 bits per heavy atom. The first-order valence-corrected chi connectivity index (χ1v) is 48.6. The molecule has 3 aromatic rings. The number of primary amides is 1. The van der Waals surface area contributed by atoms with Crippen LogP contribution in [0.3, 0.4) is 0 Å². The molecule has 3 aliphatic heterocycles. The molecule has 2 saturated heterocycles. The van der Waals surface area contributed by atoms with Gasteiger partial charge in [0.05, 0.1) is 41.8 Å². The van der Waals surface area contributed by atoms with Crippen molar-refractivity contribution in [3.63, 3.8) is 0 Å². The summed E-state index contributed by atoms with van der Waals surface area (Å²) in [6.07, 6.45) is 10.3. The van der Waals surface area contributed by atoms with E-state index in [0.29, 0.717) is 13.3 Å². The number of nitrogens with two attached hydrogens (primary N) is 1. The Morgan fingerprint density at radius 3 is 0.761 bits per heavy atom. The molecule has 0 spiro atoms. The third-order valence-corrected chi connectivity index (χ3v) is 15.2. The fourth-order valence-electron chi connectivity index (χ4n) is 5.28. The predicted octanol–water partition coefficient (Wildman–Crippen LogP) is 15.3. The molecule has 7 radical (unpaired) electrons. The first-order valence-electron chi connectivity index (χ1n) is 43.6. The van der Waals surface area contributed by atoms with Crippen molar-refractivity contribution >= 4 is 159 Å². The van der Waals surface area contributed by atoms with Crippen molar-refractivity contribution in [1.29, 1.82) is 0 Å². The Kier molecular flexibility index (Phi) is 238.